The van der Waals surface area contributed by atoms with Gasteiger partial charge in [-0.25, -0.2) is 0 Å². The molecular formula is C17H21BrN2S. The molecule has 1 aliphatic heterocycles. The van der Waals surface area contributed by atoms with E-state index in [4.69, 9.17) is 0 Å². The topological polar surface area (TPSA) is 15.3 Å². The number of piperidine rings is 1. The summed E-state index contributed by atoms with van der Waals surface area (Å²) in [6.45, 7) is 3.40. The maximum Gasteiger partial charge on any atom is 0.0701 e. The minimum Gasteiger partial charge on any atom is -0.371 e. The Kier molecular flexibility index (Phi) is 5.33. The summed E-state index contributed by atoms with van der Waals surface area (Å²) in [5.74, 6) is 0. The molecule has 0 saturated carbocycles. The lowest BCUT2D eigenvalue weighted by Gasteiger charge is -2.34. The van der Waals surface area contributed by atoms with E-state index in [1.807, 2.05) is 11.3 Å². The van der Waals surface area contributed by atoms with Crippen LogP contribution in [0.25, 0.3) is 0 Å². The molecule has 0 amide bonds. The quantitative estimate of drug-likeness (QED) is 0.849. The van der Waals surface area contributed by atoms with Crippen molar-refractivity contribution < 1.29 is 0 Å². The largest absolute Gasteiger partial charge is 0.371 e. The van der Waals surface area contributed by atoms with Gasteiger partial charge in [-0.05, 0) is 59.5 Å². The van der Waals surface area contributed by atoms with Gasteiger partial charge in [0.2, 0.25) is 0 Å². The summed E-state index contributed by atoms with van der Waals surface area (Å²) in [5, 5.41) is 3.72. The van der Waals surface area contributed by atoms with Gasteiger partial charge in [-0.15, -0.1) is 11.3 Å². The molecule has 1 N–H and O–H groups in total. The van der Waals surface area contributed by atoms with Crippen LogP contribution in [0.5, 0.6) is 0 Å². The van der Waals surface area contributed by atoms with E-state index in [-0.39, 0.29) is 0 Å². The van der Waals surface area contributed by atoms with Crippen LogP contribution in [-0.2, 0) is 6.42 Å². The molecule has 3 rings (SSSR count). The number of nitrogens with one attached hydrogen (secondary N) is 1. The van der Waals surface area contributed by atoms with Gasteiger partial charge in [0.05, 0.1) is 3.79 Å². The van der Waals surface area contributed by atoms with Crippen LogP contribution in [0.4, 0.5) is 5.69 Å². The molecule has 4 heteroatoms. The second kappa shape index (κ2) is 7.43. The highest BCUT2D eigenvalue weighted by Crippen LogP contribution is 2.22. The fourth-order valence-corrected chi connectivity index (χ4v) is 4.35. The predicted molar refractivity (Wildman–Crippen MR) is 95.4 cm³/mol. The van der Waals surface area contributed by atoms with E-state index in [9.17, 15) is 0 Å². The summed E-state index contributed by atoms with van der Waals surface area (Å²) in [4.78, 5) is 3.95. The second-order valence-corrected chi connectivity index (χ2v) is 8.05. The molecule has 2 aromatic rings. The van der Waals surface area contributed by atoms with Crippen LogP contribution in [0.2, 0.25) is 0 Å². The minimum atomic E-state index is 0.674. The van der Waals surface area contributed by atoms with Gasteiger partial charge in [-0.3, -0.25) is 0 Å². The first-order chi connectivity index (χ1) is 10.3. The fraction of sp³-hybridized carbons (Fsp3) is 0.412. The molecule has 1 aromatic heterocycles. The van der Waals surface area contributed by atoms with E-state index < -0.39 is 0 Å². The number of para-hydroxylation sites is 1. The van der Waals surface area contributed by atoms with Crippen LogP contribution in [-0.4, -0.2) is 25.7 Å². The van der Waals surface area contributed by atoms with Gasteiger partial charge in [-0.2, -0.15) is 0 Å². The Morgan fingerprint density at radius 3 is 2.52 bits per heavy atom. The number of anilines is 1. The normalized spacial score (nSPS) is 16.3. The van der Waals surface area contributed by atoms with Gasteiger partial charge >= 0.3 is 0 Å². The van der Waals surface area contributed by atoms with E-state index in [1.165, 1.54) is 27.2 Å². The lowest BCUT2D eigenvalue weighted by Crippen LogP contribution is -2.43. The average Bonchev–Trinajstić information content (AvgIpc) is 2.94. The first kappa shape index (κ1) is 15.1. The van der Waals surface area contributed by atoms with E-state index in [0.717, 1.165) is 26.1 Å². The smallest absolute Gasteiger partial charge is 0.0701 e. The van der Waals surface area contributed by atoms with Crippen molar-refractivity contribution in [2.24, 2.45) is 0 Å². The molecular weight excluding hydrogens is 344 g/mol. The molecule has 0 radical (unpaired) electrons. The van der Waals surface area contributed by atoms with E-state index in [1.54, 1.807) is 0 Å². The van der Waals surface area contributed by atoms with Crippen LogP contribution in [0.15, 0.2) is 46.3 Å². The zero-order chi connectivity index (χ0) is 14.5. The van der Waals surface area contributed by atoms with Gasteiger partial charge in [0, 0.05) is 36.2 Å². The molecule has 1 saturated heterocycles. The second-order valence-electron chi connectivity index (χ2n) is 5.51. The summed E-state index contributed by atoms with van der Waals surface area (Å²) in [5.41, 5.74) is 1.36. The first-order valence-corrected chi connectivity index (χ1v) is 9.20. The van der Waals surface area contributed by atoms with Crippen molar-refractivity contribution >= 4 is 33.0 Å². The van der Waals surface area contributed by atoms with Gasteiger partial charge in [0.15, 0.2) is 0 Å². The maximum absolute atomic E-state index is 3.72. The molecule has 0 bridgehead atoms. The molecule has 112 valence electrons. The monoisotopic (exact) mass is 364 g/mol. The third-order valence-electron chi connectivity index (χ3n) is 4.05. The van der Waals surface area contributed by atoms with E-state index in [2.05, 4.69) is 68.6 Å². The number of benzene rings is 1. The summed E-state index contributed by atoms with van der Waals surface area (Å²) in [7, 11) is 0. The molecule has 21 heavy (non-hydrogen) atoms. The van der Waals surface area contributed by atoms with E-state index in [0.29, 0.717) is 6.04 Å². The molecule has 2 heterocycles. The molecule has 2 nitrogen and oxygen atoms in total. The summed E-state index contributed by atoms with van der Waals surface area (Å²) >= 11 is 5.36. The highest BCUT2D eigenvalue weighted by molar-refractivity contribution is 9.11. The Morgan fingerprint density at radius 2 is 1.86 bits per heavy atom. The van der Waals surface area contributed by atoms with Crippen molar-refractivity contribution in [2.45, 2.75) is 25.3 Å². The van der Waals surface area contributed by atoms with Gasteiger partial charge in [-0.1, -0.05) is 18.2 Å². The average molecular weight is 365 g/mol. The maximum atomic E-state index is 3.72. The lowest BCUT2D eigenvalue weighted by molar-refractivity contribution is 0.418. The lowest BCUT2D eigenvalue weighted by atomic mass is 10.0. The fourth-order valence-electron chi connectivity index (χ4n) is 2.87. The Labute approximate surface area is 139 Å². The third kappa shape index (κ3) is 4.31. The molecule has 1 aromatic carbocycles. The number of nitrogens with zero attached hydrogens (tertiary/aromatic N) is 1. The SMILES string of the molecule is Brc1ccc(CCNC2CCN(c3ccccc3)CC2)s1. The van der Waals surface area contributed by atoms with Crippen molar-refractivity contribution in [3.8, 4) is 0 Å². The standard InChI is InChI=1S/C17H21BrN2S/c18-17-7-6-16(21-17)8-11-19-14-9-12-20(13-10-14)15-4-2-1-3-5-15/h1-7,14,19H,8-13H2. The molecule has 0 unspecified atom stereocenters. The van der Waals surface area contributed by atoms with Crippen molar-refractivity contribution in [1.29, 1.82) is 0 Å². The first-order valence-electron chi connectivity index (χ1n) is 7.59. The van der Waals surface area contributed by atoms with Crippen LogP contribution in [0.3, 0.4) is 0 Å². The Hall–Kier alpha value is -0.840. The highest BCUT2D eigenvalue weighted by atomic mass is 79.9. The zero-order valence-electron chi connectivity index (χ0n) is 12.1. The molecule has 1 fully saturated rings. The van der Waals surface area contributed by atoms with Crippen molar-refractivity contribution in [1.82, 2.24) is 5.32 Å². The molecule has 0 aliphatic carbocycles. The Balaban J connectivity index is 1.40. The van der Waals surface area contributed by atoms with Gasteiger partial charge < -0.3 is 10.2 Å². The highest BCUT2D eigenvalue weighted by Gasteiger charge is 2.18. The molecule has 0 atom stereocenters. The number of hydrogen-bond donors (Lipinski definition) is 1. The van der Waals surface area contributed by atoms with Crippen molar-refractivity contribution in [3.05, 3.63) is 51.1 Å². The van der Waals surface area contributed by atoms with Gasteiger partial charge in [0.1, 0.15) is 0 Å². The minimum absolute atomic E-state index is 0.674. The van der Waals surface area contributed by atoms with Crippen LogP contribution >= 0.6 is 27.3 Å². The Bertz CT molecular complexity index is 547. The van der Waals surface area contributed by atoms with Crippen molar-refractivity contribution in [2.75, 3.05) is 24.5 Å². The van der Waals surface area contributed by atoms with Gasteiger partial charge in [0.25, 0.3) is 0 Å². The molecule has 0 spiro atoms. The summed E-state index contributed by atoms with van der Waals surface area (Å²) in [6.07, 6.45) is 3.61. The van der Waals surface area contributed by atoms with E-state index >= 15 is 0 Å². The zero-order valence-corrected chi connectivity index (χ0v) is 14.5. The molecule has 1 aliphatic rings. The summed E-state index contributed by atoms with van der Waals surface area (Å²) < 4.78 is 1.23. The Morgan fingerprint density at radius 1 is 1.10 bits per heavy atom. The number of thiophene rings is 1. The third-order valence-corrected chi connectivity index (χ3v) is 5.73. The number of hydrogen-bond acceptors (Lipinski definition) is 3. The van der Waals surface area contributed by atoms with Crippen molar-refractivity contribution in [3.63, 3.8) is 0 Å². The van der Waals surface area contributed by atoms with Crippen LogP contribution in [0.1, 0.15) is 17.7 Å². The number of halogens is 1. The summed E-state index contributed by atoms with van der Waals surface area (Å²) in [6, 6.07) is 15.8. The predicted octanol–water partition coefficient (Wildman–Crippen LogP) is 4.31. The van der Waals surface area contributed by atoms with Crippen LogP contribution < -0.4 is 10.2 Å². The number of rotatable bonds is 5. The van der Waals surface area contributed by atoms with Crippen LogP contribution in [0, 0.1) is 0 Å².